The fourth-order valence-electron chi connectivity index (χ4n) is 4.60. The largest absolute Gasteiger partial charge is 0.534 e. The molecule has 0 radical (unpaired) electrons. The van der Waals surface area contributed by atoms with Crippen LogP contribution in [0.2, 0.25) is 0 Å². The average Bonchev–Trinajstić information content (AvgIpc) is 3.30. The zero-order valence-electron chi connectivity index (χ0n) is 19.0. The van der Waals surface area contributed by atoms with Crippen LogP contribution in [0.4, 0.5) is 13.2 Å². The van der Waals surface area contributed by atoms with E-state index in [2.05, 4.69) is 4.18 Å². The zero-order valence-corrected chi connectivity index (χ0v) is 19.8. The van der Waals surface area contributed by atoms with E-state index in [0.717, 1.165) is 27.1 Å². The second-order valence-electron chi connectivity index (χ2n) is 8.37. The van der Waals surface area contributed by atoms with Crippen LogP contribution in [0.3, 0.4) is 0 Å². The Bertz CT molecular complexity index is 1910. The van der Waals surface area contributed by atoms with Gasteiger partial charge < -0.3 is 4.18 Å². The highest BCUT2D eigenvalue weighted by molar-refractivity contribution is 7.88. The van der Waals surface area contributed by atoms with Crippen molar-refractivity contribution in [2.24, 2.45) is 0 Å². The Hall–Kier alpha value is -4.37. The van der Waals surface area contributed by atoms with Gasteiger partial charge in [0.1, 0.15) is 5.82 Å². The highest BCUT2D eigenvalue weighted by Gasteiger charge is 2.49. The first-order valence-electron chi connectivity index (χ1n) is 11.2. The van der Waals surface area contributed by atoms with E-state index < -0.39 is 21.4 Å². The summed E-state index contributed by atoms with van der Waals surface area (Å²) in [7, 11) is -5.90. The molecule has 0 amide bonds. The second kappa shape index (κ2) is 8.35. The molecule has 5 nitrogen and oxygen atoms in total. The second-order valence-corrected chi connectivity index (χ2v) is 9.91. The minimum Gasteiger partial charge on any atom is -0.375 e. The summed E-state index contributed by atoms with van der Waals surface area (Å²) in [6, 6.07) is 30.5. The smallest absolute Gasteiger partial charge is 0.375 e. The lowest BCUT2D eigenvalue weighted by molar-refractivity contribution is -0.0499. The molecular weight excluding hydrogens is 501 g/mol. The Kier molecular flexibility index (Phi) is 5.20. The van der Waals surface area contributed by atoms with Crippen molar-refractivity contribution in [2.75, 3.05) is 0 Å². The number of nitrogens with zero attached hydrogens (tertiary/aromatic N) is 2. The van der Waals surface area contributed by atoms with Crippen LogP contribution in [-0.4, -0.2) is 23.5 Å². The maximum absolute atomic E-state index is 13.2. The number of aromatic nitrogens is 2. The van der Waals surface area contributed by atoms with E-state index in [1.54, 1.807) is 6.07 Å². The number of benzene rings is 5. The Balaban J connectivity index is 1.76. The van der Waals surface area contributed by atoms with Gasteiger partial charge in [0.05, 0.1) is 16.6 Å². The number of alkyl halides is 3. The van der Waals surface area contributed by atoms with E-state index in [4.69, 9.17) is 4.98 Å². The van der Waals surface area contributed by atoms with E-state index in [0.29, 0.717) is 11.2 Å². The van der Waals surface area contributed by atoms with Gasteiger partial charge >= 0.3 is 15.6 Å². The van der Waals surface area contributed by atoms with Gasteiger partial charge in [-0.2, -0.15) is 21.6 Å². The van der Waals surface area contributed by atoms with E-state index in [1.165, 1.54) is 18.2 Å². The van der Waals surface area contributed by atoms with Crippen molar-refractivity contribution in [1.29, 1.82) is 0 Å². The van der Waals surface area contributed by atoms with E-state index >= 15 is 0 Å². The Morgan fingerprint density at radius 1 is 0.676 bits per heavy atom. The summed E-state index contributed by atoms with van der Waals surface area (Å²) in [5.74, 6) is -0.225. The number of para-hydroxylation sites is 2. The first-order valence-corrected chi connectivity index (χ1v) is 12.6. The molecule has 0 unspecified atom stereocenters. The summed E-state index contributed by atoms with van der Waals surface area (Å²) in [5.41, 5.74) is -3.41. The number of hydrogen-bond acceptors (Lipinski definition) is 4. The van der Waals surface area contributed by atoms with Gasteiger partial charge in [0.25, 0.3) is 0 Å². The van der Waals surface area contributed by atoms with Crippen molar-refractivity contribution in [1.82, 2.24) is 9.55 Å². The molecule has 0 aliphatic carbocycles. The lowest BCUT2D eigenvalue weighted by Crippen LogP contribution is -2.28. The maximum atomic E-state index is 13.2. The van der Waals surface area contributed by atoms with Gasteiger partial charge in [-0.25, -0.2) is 4.98 Å². The molecule has 6 aromatic rings. The molecule has 0 spiro atoms. The van der Waals surface area contributed by atoms with Gasteiger partial charge in [0, 0.05) is 16.5 Å². The summed E-state index contributed by atoms with van der Waals surface area (Å²) >= 11 is 0. The molecule has 0 saturated carbocycles. The minimum absolute atomic E-state index is 0.101. The van der Waals surface area contributed by atoms with Crippen LogP contribution in [0, 0.1) is 0 Å². The predicted molar refractivity (Wildman–Crippen MR) is 137 cm³/mol. The molecule has 9 heteroatoms. The predicted octanol–water partition coefficient (Wildman–Crippen LogP) is 7.23. The fraction of sp³-hybridized carbons (Fsp3) is 0.0357. The van der Waals surface area contributed by atoms with Crippen LogP contribution in [0.15, 0.2) is 103 Å². The molecule has 0 saturated heterocycles. The third-order valence-corrected chi connectivity index (χ3v) is 7.12. The van der Waals surface area contributed by atoms with Gasteiger partial charge in [0.15, 0.2) is 5.75 Å². The quantitative estimate of drug-likeness (QED) is 0.140. The molecule has 0 fully saturated rings. The average molecular weight is 519 g/mol. The Morgan fingerprint density at radius 3 is 1.89 bits per heavy atom. The third-order valence-electron chi connectivity index (χ3n) is 6.16. The lowest BCUT2D eigenvalue weighted by atomic mass is 10.00. The molecule has 1 heterocycles. The van der Waals surface area contributed by atoms with Gasteiger partial charge in [-0.05, 0) is 35.0 Å². The number of fused-ring (bicyclic) bond motifs is 6. The monoisotopic (exact) mass is 518 g/mol. The number of rotatable bonds is 4. The van der Waals surface area contributed by atoms with Crippen molar-refractivity contribution in [2.45, 2.75) is 5.51 Å². The Morgan fingerprint density at radius 2 is 1.22 bits per heavy atom. The molecule has 37 heavy (non-hydrogen) atoms. The first kappa shape index (κ1) is 23.1. The number of halogens is 3. The van der Waals surface area contributed by atoms with E-state index in [1.807, 2.05) is 83.4 Å². The molecule has 0 atom stereocenters. The summed E-state index contributed by atoms with van der Waals surface area (Å²) in [5, 5.41) is 3.70. The zero-order chi connectivity index (χ0) is 25.8. The lowest BCUT2D eigenvalue weighted by Gasteiger charge is -2.15. The van der Waals surface area contributed by atoms with Crippen molar-refractivity contribution in [3.8, 4) is 22.8 Å². The molecule has 184 valence electrons. The van der Waals surface area contributed by atoms with Crippen LogP contribution in [-0.2, 0) is 10.1 Å². The van der Waals surface area contributed by atoms with Crippen molar-refractivity contribution >= 4 is 42.7 Å². The highest BCUT2D eigenvalue weighted by atomic mass is 32.2. The van der Waals surface area contributed by atoms with Crippen molar-refractivity contribution in [3.63, 3.8) is 0 Å². The molecule has 0 N–H and O–H groups in total. The summed E-state index contributed by atoms with van der Waals surface area (Å²) in [6.45, 7) is 0. The summed E-state index contributed by atoms with van der Waals surface area (Å²) in [4.78, 5) is 4.90. The SMILES string of the molecule is O=S(=O)(Oc1ccccc1-c1nc2c3ccccc3c3ccccc3c2n1-c1ccccc1)C(F)(F)F. The highest BCUT2D eigenvalue weighted by Crippen LogP contribution is 2.41. The minimum atomic E-state index is -5.90. The van der Waals surface area contributed by atoms with Crippen molar-refractivity contribution in [3.05, 3.63) is 103 Å². The molecular formula is C28H17F3N2O3S. The molecule has 0 aliphatic rings. The molecule has 0 aliphatic heterocycles. The van der Waals surface area contributed by atoms with Crippen LogP contribution in [0.1, 0.15) is 0 Å². The summed E-state index contributed by atoms with van der Waals surface area (Å²) < 4.78 is 69.8. The first-order chi connectivity index (χ1) is 17.8. The normalized spacial score (nSPS) is 12.4. The van der Waals surface area contributed by atoms with Crippen LogP contribution >= 0.6 is 0 Å². The topological polar surface area (TPSA) is 61.2 Å². The van der Waals surface area contributed by atoms with E-state index in [9.17, 15) is 21.6 Å². The van der Waals surface area contributed by atoms with Crippen LogP contribution < -0.4 is 4.18 Å². The van der Waals surface area contributed by atoms with Gasteiger partial charge in [0.2, 0.25) is 0 Å². The molecule has 1 aromatic heterocycles. The van der Waals surface area contributed by atoms with Gasteiger partial charge in [-0.1, -0.05) is 78.9 Å². The van der Waals surface area contributed by atoms with Crippen molar-refractivity contribution < 1.29 is 25.8 Å². The van der Waals surface area contributed by atoms with E-state index in [-0.39, 0.29) is 11.4 Å². The maximum Gasteiger partial charge on any atom is 0.534 e. The molecule has 6 rings (SSSR count). The Labute approximate surface area is 209 Å². The van der Waals surface area contributed by atoms with Crippen LogP contribution in [0.5, 0.6) is 5.75 Å². The van der Waals surface area contributed by atoms with Crippen LogP contribution in [0.25, 0.3) is 49.7 Å². The molecule has 0 bridgehead atoms. The third kappa shape index (κ3) is 3.70. The fourth-order valence-corrected chi connectivity index (χ4v) is 5.08. The molecule has 5 aromatic carbocycles. The number of imidazole rings is 1. The van der Waals surface area contributed by atoms with Gasteiger partial charge in [-0.15, -0.1) is 0 Å². The van der Waals surface area contributed by atoms with Gasteiger partial charge in [-0.3, -0.25) is 4.57 Å². The summed E-state index contributed by atoms with van der Waals surface area (Å²) in [6.07, 6.45) is 0. The standard InChI is InChI=1S/C28H17F3N2O3S/c29-28(30,31)37(34,35)36-24-17-9-8-16-23(24)27-32-25-21-14-6-4-12-19(21)20-13-5-7-15-22(20)26(25)33(27)18-10-2-1-3-11-18/h1-17H. The number of hydrogen-bond donors (Lipinski definition) is 0.